The Bertz CT molecular complexity index is 456. The van der Waals surface area contributed by atoms with Gasteiger partial charge < -0.3 is 11.1 Å². The molecule has 6 heteroatoms. The van der Waals surface area contributed by atoms with Crippen molar-refractivity contribution in [2.24, 2.45) is 0 Å². The molecular formula is C13H20N4S2. The molecule has 3 rings (SSSR count). The van der Waals surface area contributed by atoms with E-state index < -0.39 is 0 Å². The van der Waals surface area contributed by atoms with E-state index in [0.29, 0.717) is 17.0 Å². The first-order valence-corrected chi connectivity index (χ1v) is 9.01. The molecule has 1 saturated carbocycles. The van der Waals surface area contributed by atoms with Gasteiger partial charge in [-0.05, 0) is 19.8 Å². The molecule has 1 aliphatic heterocycles. The first kappa shape index (κ1) is 13.4. The zero-order chi connectivity index (χ0) is 13.2. The van der Waals surface area contributed by atoms with Crippen LogP contribution >= 0.6 is 23.5 Å². The molecular weight excluding hydrogens is 276 g/mol. The second-order valence-corrected chi connectivity index (χ2v) is 7.72. The molecule has 1 unspecified atom stereocenters. The molecule has 3 N–H and O–H groups in total. The number of nitrogens with one attached hydrogen (secondary N) is 1. The average molecular weight is 296 g/mol. The van der Waals surface area contributed by atoms with E-state index in [1.165, 1.54) is 30.1 Å². The molecule has 1 atom stereocenters. The Labute approximate surface area is 122 Å². The zero-order valence-corrected chi connectivity index (χ0v) is 12.8. The third kappa shape index (κ3) is 3.28. The molecule has 0 spiro atoms. The van der Waals surface area contributed by atoms with Crippen molar-refractivity contribution < 1.29 is 0 Å². The molecule has 1 saturated heterocycles. The van der Waals surface area contributed by atoms with Gasteiger partial charge in [-0.2, -0.15) is 23.5 Å². The minimum atomic E-state index is 0.545. The lowest BCUT2D eigenvalue weighted by molar-refractivity contribution is 0.909. The highest BCUT2D eigenvalue weighted by molar-refractivity contribution is 8.06. The molecule has 4 nitrogen and oxygen atoms in total. The number of hydrogen-bond acceptors (Lipinski definition) is 6. The van der Waals surface area contributed by atoms with Crippen molar-refractivity contribution in [2.75, 3.05) is 34.9 Å². The molecule has 1 aliphatic carbocycles. The van der Waals surface area contributed by atoms with E-state index in [0.717, 1.165) is 23.8 Å². The van der Waals surface area contributed by atoms with Crippen LogP contribution in [-0.4, -0.2) is 39.0 Å². The van der Waals surface area contributed by atoms with Crippen LogP contribution in [0.4, 0.5) is 11.6 Å². The second kappa shape index (κ2) is 5.79. The van der Waals surface area contributed by atoms with Crippen LogP contribution in [0.25, 0.3) is 0 Å². The van der Waals surface area contributed by atoms with E-state index in [1.807, 2.05) is 18.7 Å². The normalized spacial score (nSPS) is 23.3. The van der Waals surface area contributed by atoms with Crippen LogP contribution < -0.4 is 11.1 Å². The fourth-order valence-corrected chi connectivity index (χ4v) is 4.72. The van der Waals surface area contributed by atoms with Crippen LogP contribution in [0.1, 0.15) is 30.1 Å². The summed E-state index contributed by atoms with van der Waals surface area (Å²) in [5.41, 5.74) is 6.98. The summed E-state index contributed by atoms with van der Waals surface area (Å²) in [4.78, 5) is 9.07. The van der Waals surface area contributed by atoms with Gasteiger partial charge in [-0.15, -0.1) is 0 Å². The maximum absolute atomic E-state index is 6.00. The SMILES string of the molecule is Cc1c(N)nc(C2CC2)nc1NCC1CSCCS1. The smallest absolute Gasteiger partial charge is 0.136 e. The van der Waals surface area contributed by atoms with Crippen LogP contribution in [0.5, 0.6) is 0 Å². The largest absolute Gasteiger partial charge is 0.383 e. The minimum Gasteiger partial charge on any atom is -0.383 e. The first-order valence-electron chi connectivity index (χ1n) is 6.81. The van der Waals surface area contributed by atoms with Gasteiger partial charge >= 0.3 is 0 Å². The lowest BCUT2D eigenvalue weighted by Crippen LogP contribution is -2.24. The maximum Gasteiger partial charge on any atom is 0.136 e. The highest BCUT2D eigenvalue weighted by Crippen LogP contribution is 2.39. The van der Waals surface area contributed by atoms with Crippen molar-refractivity contribution in [3.63, 3.8) is 0 Å². The summed E-state index contributed by atoms with van der Waals surface area (Å²) < 4.78 is 0. The van der Waals surface area contributed by atoms with Gasteiger partial charge in [0.25, 0.3) is 0 Å². The monoisotopic (exact) mass is 296 g/mol. The van der Waals surface area contributed by atoms with E-state index in [9.17, 15) is 0 Å². The van der Waals surface area contributed by atoms with Crippen LogP contribution in [-0.2, 0) is 0 Å². The summed E-state index contributed by atoms with van der Waals surface area (Å²) >= 11 is 4.10. The quantitative estimate of drug-likeness (QED) is 0.890. The summed E-state index contributed by atoms with van der Waals surface area (Å²) in [6.07, 6.45) is 2.41. The molecule has 2 heterocycles. The Morgan fingerprint density at radius 2 is 2.16 bits per heavy atom. The van der Waals surface area contributed by atoms with Gasteiger partial charge in [0.05, 0.1) is 0 Å². The Morgan fingerprint density at radius 1 is 1.32 bits per heavy atom. The third-order valence-corrected chi connectivity index (χ3v) is 6.37. The number of thioether (sulfide) groups is 2. The maximum atomic E-state index is 6.00. The molecule has 0 bridgehead atoms. The Morgan fingerprint density at radius 3 is 2.84 bits per heavy atom. The highest BCUT2D eigenvalue weighted by atomic mass is 32.2. The lowest BCUT2D eigenvalue weighted by Gasteiger charge is -2.22. The van der Waals surface area contributed by atoms with Crippen LogP contribution in [0.15, 0.2) is 0 Å². The van der Waals surface area contributed by atoms with Crippen molar-refractivity contribution in [3.05, 3.63) is 11.4 Å². The Hall–Kier alpha value is -0.620. The number of hydrogen-bond donors (Lipinski definition) is 2. The zero-order valence-electron chi connectivity index (χ0n) is 11.2. The number of anilines is 2. The topological polar surface area (TPSA) is 63.8 Å². The number of nitrogens with two attached hydrogens (primary N) is 1. The number of rotatable bonds is 4. The molecule has 19 heavy (non-hydrogen) atoms. The number of nitrogen functional groups attached to an aromatic ring is 1. The standard InChI is InChI=1S/C13H20N4S2/c1-8-11(14)16-13(9-2-3-9)17-12(8)15-6-10-7-18-4-5-19-10/h9-10H,2-7H2,1H3,(H3,14,15,16,17). The van der Waals surface area contributed by atoms with Crippen LogP contribution in [0, 0.1) is 6.92 Å². The first-order chi connectivity index (χ1) is 9.24. The second-order valence-electron chi connectivity index (χ2n) is 5.16. The van der Waals surface area contributed by atoms with E-state index in [-0.39, 0.29) is 0 Å². The van der Waals surface area contributed by atoms with Gasteiger partial charge in [0.2, 0.25) is 0 Å². The predicted molar refractivity (Wildman–Crippen MR) is 85.2 cm³/mol. The summed E-state index contributed by atoms with van der Waals surface area (Å²) in [5, 5.41) is 4.16. The molecule has 104 valence electrons. The lowest BCUT2D eigenvalue weighted by atomic mass is 10.3. The summed E-state index contributed by atoms with van der Waals surface area (Å²) in [5.74, 6) is 6.81. The predicted octanol–water partition coefficient (Wildman–Crippen LogP) is 2.51. The van der Waals surface area contributed by atoms with Gasteiger partial charge in [-0.3, -0.25) is 0 Å². The van der Waals surface area contributed by atoms with Gasteiger partial charge in [-0.1, -0.05) is 0 Å². The summed E-state index contributed by atoms with van der Waals surface area (Å²) in [7, 11) is 0. The third-order valence-electron chi connectivity index (χ3n) is 3.53. The summed E-state index contributed by atoms with van der Waals surface area (Å²) in [6.45, 7) is 2.97. The Kier molecular flexibility index (Phi) is 4.07. The van der Waals surface area contributed by atoms with Crippen LogP contribution in [0.2, 0.25) is 0 Å². The van der Waals surface area contributed by atoms with Gasteiger partial charge in [0, 0.05) is 40.5 Å². The fraction of sp³-hybridized carbons (Fsp3) is 0.692. The van der Waals surface area contributed by atoms with E-state index >= 15 is 0 Å². The molecule has 0 amide bonds. The van der Waals surface area contributed by atoms with E-state index in [2.05, 4.69) is 27.0 Å². The molecule has 1 aromatic heterocycles. The van der Waals surface area contributed by atoms with Crippen LogP contribution in [0.3, 0.4) is 0 Å². The highest BCUT2D eigenvalue weighted by Gasteiger charge is 2.28. The Balaban J connectivity index is 1.68. The average Bonchev–Trinajstić information content (AvgIpc) is 3.26. The minimum absolute atomic E-state index is 0.545. The molecule has 0 aromatic carbocycles. The molecule has 1 aromatic rings. The fourth-order valence-electron chi connectivity index (χ4n) is 2.11. The van der Waals surface area contributed by atoms with Crippen molar-refractivity contribution in [2.45, 2.75) is 30.9 Å². The van der Waals surface area contributed by atoms with E-state index in [4.69, 9.17) is 5.73 Å². The molecule has 2 fully saturated rings. The van der Waals surface area contributed by atoms with Gasteiger partial charge in [0.15, 0.2) is 0 Å². The number of aromatic nitrogens is 2. The molecule has 0 radical (unpaired) electrons. The van der Waals surface area contributed by atoms with Gasteiger partial charge in [0.1, 0.15) is 17.5 Å². The summed E-state index contributed by atoms with van der Waals surface area (Å²) in [6, 6.07) is 0. The molecule has 2 aliphatic rings. The van der Waals surface area contributed by atoms with Crippen molar-refractivity contribution in [3.8, 4) is 0 Å². The van der Waals surface area contributed by atoms with Crippen molar-refractivity contribution in [1.29, 1.82) is 0 Å². The number of nitrogens with zero attached hydrogens (tertiary/aromatic N) is 2. The van der Waals surface area contributed by atoms with Crippen molar-refractivity contribution in [1.82, 2.24) is 9.97 Å². The van der Waals surface area contributed by atoms with Gasteiger partial charge in [-0.25, -0.2) is 9.97 Å². The van der Waals surface area contributed by atoms with Crippen molar-refractivity contribution >= 4 is 35.2 Å². The van der Waals surface area contributed by atoms with E-state index in [1.54, 1.807) is 0 Å².